The predicted octanol–water partition coefficient (Wildman–Crippen LogP) is 3.29. The molecule has 0 saturated carbocycles. The van der Waals surface area contributed by atoms with Gasteiger partial charge in [-0.3, -0.25) is 4.79 Å². The van der Waals surface area contributed by atoms with Crippen LogP contribution in [0.2, 0.25) is 0 Å². The molecule has 1 heterocycles. The summed E-state index contributed by atoms with van der Waals surface area (Å²) in [4.78, 5) is 12.3. The van der Waals surface area contributed by atoms with Crippen LogP contribution in [-0.4, -0.2) is 30.7 Å². The van der Waals surface area contributed by atoms with E-state index < -0.39 is 11.6 Å². The molecule has 0 aliphatic rings. The zero-order valence-corrected chi connectivity index (χ0v) is 13.4. The Hall–Kier alpha value is -2.21. The summed E-state index contributed by atoms with van der Waals surface area (Å²) in [6, 6.07) is 4.74. The van der Waals surface area contributed by atoms with Crippen molar-refractivity contribution in [3.8, 4) is 5.75 Å². The van der Waals surface area contributed by atoms with Gasteiger partial charge < -0.3 is 14.0 Å². The van der Waals surface area contributed by atoms with Crippen LogP contribution in [0.15, 0.2) is 24.3 Å². The number of ether oxygens (including phenoxy) is 2. The lowest BCUT2D eigenvalue weighted by atomic mass is 10.1. The summed E-state index contributed by atoms with van der Waals surface area (Å²) >= 11 is 0. The number of hydrogen-bond donors (Lipinski definition) is 0. The highest BCUT2D eigenvalue weighted by Gasteiger charge is 2.17. The van der Waals surface area contributed by atoms with Crippen molar-refractivity contribution in [2.45, 2.75) is 20.4 Å². The van der Waals surface area contributed by atoms with Crippen molar-refractivity contribution in [2.75, 3.05) is 20.3 Å². The standard InChI is InChI=1S/C17H19F2NO3/c1-11-8-14(12(2)20(11)6-7-22-3)16(21)10-23-17-5-4-13(18)9-15(17)19/h4-5,8-9H,6-7,10H2,1-3H3. The Morgan fingerprint density at radius 1 is 1.22 bits per heavy atom. The average Bonchev–Trinajstić information content (AvgIpc) is 2.79. The van der Waals surface area contributed by atoms with E-state index in [-0.39, 0.29) is 18.1 Å². The SMILES string of the molecule is COCCn1c(C)cc(C(=O)COc2ccc(F)cc2F)c1C. The van der Waals surface area contributed by atoms with E-state index in [1.807, 2.05) is 18.4 Å². The zero-order valence-electron chi connectivity index (χ0n) is 13.4. The van der Waals surface area contributed by atoms with Gasteiger partial charge in [0.2, 0.25) is 5.78 Å². The Bertz CT molecular complexity index is 710. The predicted molar refractivity (Wildman–Crippen MR) is 82.0 cm³/mol. The van der Waals surface area contributed by atoms with E-state index in [2.05, 4.69) is 0 Å². The van der Waals surface area contributed by atoms with E-state index in [9.17, 15) is 13.6 Å². The first-order chi connectivity index (χ1) is 10.9. The summed E-state index contributed by atoms with van der Waals surface area (Å²) in [5.74, 6) is -1.93. The molecule has 0 radical (unpaired) electrons. The van der Waals surface area contributed by atoms with Crippen LogP contribution in [-0.2, 0) is 11.3 Å². The Morgan fingerprint density at radius 3 is 2.61 bits per heavy atom. The average molecular weight is 323 g/mol. The highest BCUT2D eigenvalue weighted by molar-refractivity contribution is 5.98. The van der Waals surface area contributed by atoms with E-state index >= 15 is 0 Å². The second-order valence-corrected chi connectivity index (χ2v) is 5.22. The Kier molecular flexibility index (Phi) is 5.50. The van der Waals surface area contributed by atoms with Crippen LogP contribution >= 0.6 is 0 Å². The normalized spacial score (nSPS) is 10.8. The molecule has 124 valence electrons. The lowest BCUT2D eigenvalue weighted by molar-refractivity contribution is 0.0917. The van der Waals surface area contributed by atoms with Crippen molar-refractivity contribution in [1.29, 1.82) is 0 Å². The number of hydrogen-bond acceptors (Lipinski definition) is 3. The zero-order chi connectivity index (χ0) is 17.0. The van der Waals surface area contributed by atoms with Gasteiger partial charge >= 0.3 is 0 Å². The van der Waals surface area contributed by atoms with Crippen molar-refractivity contribution in [3.63, 3.8) is 0 Å². The fourth-order valence-corrected chi connectivity index (χ4v) is 2.42. The molecule has 1 aromatic carbocycles. The number of rotatable bonds is 7. The topological polar surface area (TPSA) is 40.5 Å². The minimum atomic E-state index is -0.830. The molecule has 0 unspecified atom stereocenters. The molecular weight excluding hydrogens is 304 g/mol. The quantitative estimate of drug-likeness (QED) is 0.734. The number of ketones is 1. The largest absolute Gasteiger partial charge is 0.482 e. The van der Waals surface area contributed by atoms with E-state index in [0.717, 1.165) is 23.5 Å². The molecule has 0 atom stereocenters. The summed E-state index contributed by atoms with van der Waals surface area (Å²) < 4.78 is 38.5. The monoisotopic (exact) mass is 323 g/mol. The van der Waals surface area contributed by atoms with Gasteiger partial charge in [-0.15, -0.1) is 0 Å². The van der Waals surface area contributed by atoms with E-state index in [1.54, 1.807) is 13.2 Å². The number of carbonyl (C=O) groups is 1. The molecule has 6 heteroatoms. The van der Waals surface area contributed by atoms with E-state index in [0.29, 0.717) is 18.7 Å². The van der Waals surface area contributed by atoms with Gasteiger partial charge in [0, 0.05) is 36.7 Å². The van der Waals surface area contributed by atoms with Gasteiger partial charge in [0.1, 0.15) is 5.82 Å². The second-order valence-electron chi connectivity index (χ2n) is 5.22. The molecule has 0 N–H and O–H groups in total. The van der Waals surface area contributed by atoms with Crippen LogP contribution in [0.4, 0.5) is 8.78 Å². The number of nitrogens with zero attached hydrogens (tertiary/aromatic N) is 1. The molecular formula is C17H19F2NO3. The van der Waals surface area contributed by atoms with Crippen molar-refractivity contribution in [2.24, 2.45) is 0 Å². The van der Waals surface area contributed by atoms with E-state index in [4.69, 9.17) is 9.47 Å². The van der Waals surface area contributed by atoms with Crippen LogP contribution < -0.4 is 4.74 Å². The first-order valence-electron chi connectivity index (χ1n) is 7.20. The molecule has 2 rings (SSSR count). The summed E-state index contributed by atoms with van der Waals surface area (Å²) in [5, 5.41) is 0. The molecule has 0 amide bonds. The van der Waals surface area contributed by atoms with Crippen LogP contribution in [0.3, 0.4) is 0 Å². The number of benzene rings is 1. The molecule has 0 fully saturated rings. The van der Waals surface area contributed by atoms with Crippen LogP contribution in [0, 0.1) is 25.5 Å². The highest BCUT2D eigenvalue weighted by Crippen LogP contribution is 2.19. The minimum Gasteiger partial charge on any atom is -0.482 e. The maximum atomic E-state index is 13.5. The number of methoxy groups -OCH3 is 1. The van der Waals surface area contributed by atoms with Crippen LogP contribution in [0.25, 0.3) is 0 Å². The van der Waals surface area contributed by atoms with Crippen molar-refractivity contribution < 1.29 is 23.0 Å². The fourth-order valence-electron chi connectivity index (χ4n) is 2.42. The Labute approximate surface area is 133 Å². The van der Waals surface area contributed by atoms with Gasteiger partial charge in [0.15, 0.2) is 18.2 Å². The number of aromatic nitrogens is 1. The number of aryl methyl sites for hydroxylation is 1. The van der Waals surface area contributed by atoms with Crippen molar-refractivity contribution in [1.82, 2.24) is 4.57 Å². The maximum absolute atomic E-state index is 13.5. The first-order valence-corrected chi connectivity index (χ1v) is 7.20. The fraction of sp³-hybridized carbons (Fsp3) is 0.353. The molecule has 23 heavy (non-hydrogen) atoms. The molecule has 0 spiro atoms. The van der Waals surface area contributed by atoms with Gasteiger partial charge in [-0.05, 0) is 32.0 Å². The molecule has 0 bridgehead atoms. The van der Waals surface area contributed by atoms with E-state index in [1.165, 1.54) is 6.07 Å². The Balaban J connectivity index is 2.09. The third kappa shape index (κ3) is 3.96. The summed E-state index contributed by atoms with van der Waals surface area (Å²) in [6.07, 6.45) is 0. The van der Waals surface area contributed by atoms with Gasteiger partial charge in [-0.1, -0.05) is 0 Å². The third-order valence-corrected chi connectivity index (χ3v) is 3.65. The summed E-state index contributed by atoms with van der Waals surface area (Å²) in [7, 11) is 1.62. The lowest BCUT2D eigenvalue weighted by Crippen LogP contribution is -2.14. The number of Topliss-reactive ketones (excluding diaryl/α,β-unsaturated/α-hetero) is 1. The van der Waals surface area contributed by atoms with Gasteiger partial charge in [-0.25, -0.2) is 8.78 Å². The third-order valence-electron chi connectivity index (χ3n) is 3.65. The molecule has 0 saturated heterocycles. The summed E-state index contributed by atoms with van der Waals surface area (Å²) in [6.45, 7) is 4.63. The van der Waals surface area contributed by atoms with Crippen molar-refractivity contribution >= 4 is 5.78 Å². The highest BCUT2D eigenvalue weighted by atomic mass is 19.1. The molecule has 0 aliphatic heterocycles. The summed E-state index contributed by atoms with van der Waals surface area (Å²) in [5.41, 5.74) is 2.28. The van der Waals surface area contributed by atoms with Gasteiger partial charge in [0.25, 0.3) is 0 Å². The molecule has 4 nitrogen and oxygen atoms in total. The second kappa shape index (κ2) is 7.37. The molecule has 2 aromatic rings. The number of halogens is 2. The molecule has 0 aliphatic carbocycles. The Morgan fingerprint density at radius 2 is 1.96 bits per heavy atom. The van der Waals surface area contributed by atoms with Crippen LogP contribution in [0.1, 0.15) is 21.7 Å². The van der Waals surface area contributed by atoms with Gasteiger partial charge in [-0.2, -0.15) is 0 Å². The lowest BCUT2D eigenvalue weighted by Gasteiger charge is -2.09. The number of carbonyl (C=O) groups excluding carboxylic acids is 1. The minimum absolute atomic E-state index is 0.145. The first kappa shape index (κ1) is 17.1. The maximum Gasteiger partial charge on any atom is 0.202 e. The van der Waals surface area contributed by atoms with Crippen molar-refractivity contribution in [3.05, 3.63) is 52.9 Å². The van der Waals surface area contributed by atoms with Gasteiger partial charge in [0.05, 0.1) is 6.61 Å². The van der Waals surface area contributed by atoms with Crippen LogP contribution in [0.5, 0.6) is 5.75 Å². The molecule has 1 aromatic heterocycles. The smallest absolute Gasteiger partial charge is 0.202 e.